The second-order valence-corrected chi connectivity index (χ2v) is 7.03. The number of aryl methyl sites for hydroxylation is 1. The van der Waals surface area contributed by atoms with Crippen LogP contribution < -0.4 is 10.6 Å². The third kappa shape index (κ3) is 6.35. The molecule has 0 aliphatic carbocycles. The summed E-state index contributed by atoms with van der Waals surface area (Å²) >= 11 is 1.77. The number of nitrogens with zero attached hydrogens (tertiary/aromatic N) is 3. The summed E-state index contributed by atoms with van der Waals surface area (Å²) in [7, 11) is 0. The Morgan fingerprint density at radius 1 is 1.19 bits per heavy atom. The number of guanidine groups is 1. The van der Waals surface area contributed by atoms with E-state index in [9.17, 15) is 0 Å². The molecule has 0 spiro atoms. The molecular formula is C20H26IN5S. The van der Waals surface area contributed by atoms with Gasteiger partial charge in [0.2, 0.25) is 0 Å². The largest absolute Gasteiger partial charge is 0.357 e. The molecule has 1 aromatic carbocycles. The van der Waals surface area contributed by atoms with E-state index in [2.05, 4.69) is 69.7 Å². The fourth-order valence-corrected chi connectivity index (χ4v) is 3.50. The van der Waals surface area contributed by atoms with Crippen LogP contribution in [0.5, 0.6) is 0 Å². The van der Waals surface area contributed by atoms with Crippen LogP contribution in [0.3, 0.4) is 0 Å². The Morgan fingerprint density at radius 3 is 2.70 bits per heavy atom. The van der Waals surface area contributed by atoms with Crippen molar-refractivity contribution < 1.29 is 0 Å². The molecule has 2 aromatic heterocycles. The summed E-state index contributed by atoms with van der Waals surface area (Å²) in [5.74, 6) is 1.77. The van der Waals surface area contributed by atoms with Crippen LogP contribution in [0.25, 0.3) is 0 Å². The highest BCUT2D eigenvalue weighted by Crippen LogP contribution is 2.14. The van der Waals surface area contributed by atoms with Gasteiger partial charge >= 0.3 is 0 Å². The third-order valence-electron chi connectivity index (χ3n) is 4.10. The molecule has 0 aliphatic rings. The van der Waals surface area contributed by atoms with Crippen molar-refractivity contribution >= 4 is 41.3 Å². The van der Waals surface area contributed by atoms with Gasteiger partial charge in [-0.3, -0.25) is 0 Å². The number of nitrogens with one attached hydrogen (secondary N) is 2. The molecule has 0 saturated heterocycles. The lowest BCUT2D eigenvalue weighted by Gasteiger charge is -2.11. The van der Waals surface area contributed by atoms with Crippen LogP contribution in [0.1, 0.15) is 28.8 Å². The topological polar surface area (TPSA) is 54.2 Å². The third-order valence-corrected chi connectivity index (χ3v) is 5.13. The highest BCUT2D eigenvalue weighted by atomic mass is 127. The highest BCUT2D eigenvalue weighted by Gasteiger charge is 2.05. The van der Waals surface area contributed by atoms with Crippen molar-refractivity contribution in [3.8, 4) is 0 Å². The molecule has 2 N–H and O–H groups in total. The van der Waals surface area contributed by atoms with Gasteiger partial charge < -0.3 is 15.2 Å². The van der Waals surface area contributed by atoms with Gasteiger partial charge in [0.25, 0.3) is 0 Å². The van der Waals surface area contributed by atoms with Crippen molar-refractivity contribution in [2.24, 2.45) is 4.99 Å². The summed E-state index contributed by atoms with van der Waals surface area (Å²) in [5, 5.41) is 8.83. The lowest BCUT2D eigenvalue weighted by molar-refractivity contribution is 0.717. The van der Waals surface area contributed by atoms with Gasteiger partial charge in [-0.1, -0.05) is 30.3 Å². The Kier molecular flexibility index (Phi) is 8.80. The molecule has 3 rings (SSSR count). The molecule has 5 nitrogen and oxygen atoms in total. The zero-order valence-electron chi connectivity index (χ0n) is 15.7. The van der Waals surface area contributed by atoms with Gasteiger partial charge in [0.15, 0.2) is 5.96 Å². The fourth-order valence-electron chi connectivity index (χ4n) is 2.66. The molecule has 2 heterocycles. The number of benzene rings is 1. The maximum Gasteiger partial charge on any atom is 0.191 e. The molecule has 0 saturated carbocycles. The second-order valence-electron chi connectivity index (χ2n) is 6.03. The van der Waals surface area contributed by atoms with Gasteiger partial charge in [-0.15, -0.1) is 35.3 Å². The van der Waals surface area contributed by atoms with Gasteiger partial charge in [0.1, 0.15) is 12.4 Å². The summed E-state index contributed by atoms with van der Waals surface area (Å²) in [5.41, 5.74) is 2.57. The average molecular weight is 495 g/mol. The van der Waals surface area contributed by atoms with E-state index in [0.717, 1.165) is 31.4 Å². The molecule has 27 heavy (non-hydrogen) atoms. The predicted molar refractivity (Wildman–Crippen MR) is 124 cm³/mol. The Bertz CT molecular complexity index is 841. The SMILES string of the molecule is CCNC(=NCc1nccn1Cc1ccccc1)NCc1sccc1C.I. The van der Waals surface area contributed by atoms with E-state index in [-0.39, 0.29) is 24.0 Å². The summed E-state index contributed by atoms with van der Waals surface area (Å²) < 4.78 is 2.14. The summed E-state index contributed by atoms with van der Waals surface area (Å²) in [6.07, 6.45) is 3.84. The average Bonchev–Trinajstić information content (AvgIpc) is 3.27. The minimum absolute atomic E-state index is 0. The Hall–Kier alpha value is -1.87. The highest BCUT2D eigenvalue weighted by molar-refractivity contribution is 14.0. The fraction of sp³-hybridized carbons (Fsp3) is 0.300. The molecule has 0 amide bonds. The standard InChI is InChI=1S/C20H25N5S.HI/c1-3-21-20(23-13-18-16(2)9-12-26-18)24-14-19-22-10-11-25(19)15-17-7-5-4-6-8-17;/h4-12H,3,13-15H2,1-2H3,(H2,21,23,24);1H. The lowest BCUT2D eigenvalue weighted by atomic mass is 10.2. The van der Waals surface area contributed by atoms with Gasteiger partial charge in [0, 0.05) is 30.4 Å². The van der Waals surface area contributed by atoms with E-state index in [1.54, 1.807) is 11.3 Å². The predicted octanol–water partition coefficient (Wildman–Crippen LogP) is 4.17. The molecule has 0 aliphatic heterocycles. The molecule has 144 valence electrons. The first-order valence-electron chi connectivity index (χ1n) is 8.85. The van der Waals surface area contributed by atoms with E-state index in [4.69, 9.17) is 4.99 Å². The van der Waals surface area contributed by atoms with Crippen molar-refractivity contribution in [1.29, 1.82) is 0 Å². The Balaban J connectivity index is 0.00000261. The Morgan fingerprint density at radius 2 is 2.00 bits per heavy atom. The van der Waals surface area contributed by atoms with Crippen LogP contribution in [0.15, 0.2) is 59.2 Å². The molecular weight excluding hydrogens is 469 g/mol. The van der Waals surface area contributed by atoms with Crippen molar-refractivity contribution in [1.82, 2.24) is 20.2 Å². The van der Waals surface area contributed by atoms with Crippen molar-refractivity contribution in [3.63, 3.8) is 0 Å². The van der Waals surface area contributed by atoms with Gasteiger partial charge in [-0.2, -0.15) is 0 Å². The van der Waals surface area contributed by atoms with E-state index >= 15 is 0 Å². The molecule has 0 bridgehead atoms. The van der Waals surface area contributed by atoms with Gasteiger partial charge in [-0.05, 0) is 36.4 Å². The van der Waals surface area contributed by atoms with E-state index in [0.29, 0.717) is 6.54 Å². The smallest absolute Gasteiger partial charge is 0.191 e. The Labute approximate surface area is 182 Å². The van der Waals surface area contributed by atoms with Crippen LogP contribution in [-0.4, -0.2) is 22.1 Å². The minimum Gasteiger partial charge on any atom is -0.357 e. The molecule has 0 unspecified atom stereocenters. The molecule has 0 atom stereocenters. The van der Waals surface area contributed by atoms with E-state index in [1.165, 1.54) is 16.0 Å². The maximum absolute atomic E-state index is 4.70. The van der Waals surface area contributed by atoms with Gasteiger partial charge in [-0.25, -0.2) is 9.98 Å². The number of aliphatic imine (C=N–C) groups is 1. The van der Waals surface area contributed by atoms with Crippen molar-refractivity contribution in [3.05, 3.63) is 76.0 Å². The summed E-state index contributed by atoms with van der Waals surface area (Å²) in [6, 6.07) is 12.6. The zero-order valence-corrected chi connectivity index (χ0v) is 18.8. The van der Waals surface area contributed by atoms with E-state index in [1.807, 2.05) is 18.5 Å². The van der Waals surface area contributed by atoms with Crippen molar-refractivity contribution in [2.45, 2.75) is 33.5 Å². The number of rotatable bonds is 7. The molecule has 7 heteroatoms. The number of thiophene rings is 1. The van der Waals surface area contributed by atoms with Crippen molar-refractivity contribution in [2.75, 3.05) is 6.54 Å². The lowest BCUT2D eigenvalue weighted by Crippen LogP contribution is -2.36. The number of imidazole rings is 1. The quantitative estimate of drug-likeness (QED) is 0.294. The number of hydrogen-bond acceptors (Lipinski definition) is 3. The normalized spacial score (nSPS) is 11.1. The molecule has 0 radical (unpaired) electrons. The minimum atomic E-state index is 0. The van der Waals surface area contributed by atoms with Crippen LogP contribution in [-0.2, 0) is 19.6 Å². The van der Waals surface area contributed by atoms with Crippen LogP contribution in [0.4, 0.5) is 0 Å². The number of aromatic nitrogens is 2. The monoisotopic (exact) mass is 495 g/mol. The second kappa shape index (κ2) is 11.1. The first-order valence-corrected chi connectivity index (χ1v) is 9.73. The van der Waals surface area contributed by atoms with E-state index < -0.39 is 0 Å². The number of halogens is 1. The van der Waals surface area contributed by atoms with Gasteiger partial charge in [0.05, 0.1) is 6.54 Å². The zero-order chi connectivity index (χ0) is 18.2. The maximum atomic E-state index is 4.70. The van der Waals surface area contributed by atoms with Crippen LogP contribution in [0.2, 0.25) is 0 Å². The first kappa shape index (κ1) is 21.4. The summed E-state index contributed by atoms with van der Waals surface area (Å²) in [6.45, 7) is 7.17. The molecule has 0 fully saturated rings. The molecule has 3 aromatic rings. The van der Waals surface area contributed by atoms with Crippen LogP contribution in [0, 0.1) is 6.92 Å². The van der Waals surface area contributed by atoms with Crippen LogP contribution >= 0.6 is 35.3 Å². The first-order chi connectivity index (χ1) is 12.8. The summed E-state index contributed by atoms with van der Waals surface area (Å²) in [4.78, 5) is 10.5. The number of hydrogen-bond donors (Lipinski definition) is 2.